The first-order valence-electron chi connectivity index (χ1n) is 8.80. The molecular weight excluding hydrogens is 331 g/mol. The number of para-hydroxylation sites is 1. The van der Waals surface area contributed by atoms with Crippen molar-refractivity contribution in [1.82, 2.24) is 9.88 Å². The lowest BCUT2D eigenvalue weighted by molar-refractivity contribution is -0.121. The number of nitrogens with zero attached hydrogens (tertiary/aromatic N) is 1. The first-order valence-corrected chi connectivity index (χ1v) is 8.80. The zero-order valence-corrected chi connectivity index (χ0v) is 14.9. The molecule has 0 atom stereocenters. The van der Waals surface area contributed by atoms with E-state index < -0.39 is 5.82 Å². The van der Waals surface area contributed by atoms with Gasteiger partial charge in [0.25, 0.3) is 0 Å². The molecule has 0 spiro atoms. The van der Waals surface area contributed by atoms with Crippen LogP contribution in [0.3, 0.4) is 0 Å². The third kappa shape index (κ3) is 4.42. The lowest BCUT2D eigenvalue weighted by Gasteiger charge is -2.08. The molecule has 0 aliphatic carbocycles. The number of hydrogen-bond donors (Lipinski definition) is 1. The Balaban J connectivity index is 1.40. The summed E-state index contributed by atoms with van der Waals surface area (Å²) in [6, 6.07) is 15.1. The molecule has 26 heavy (non-hydrogen) atoms. The van der Waals surface area contributed by atoms with Crippen LogP contribution in [-0.4, -0.2) is 24.1 Å². The molecule has 0 aliphatic heterocycles. The maximum Gasteiger partial charge on any atom is 0.220 e. The summed E-state index contributed by atoms with van der Waals surface area (Å²) >= 11 is 0. The van der Waals surface area contributed by atoms with Crippen LogP contribution < -0.4 is 10.1 Å². The summed E-state index contributed by atoms with van der Waals surface area (Å²) in [4.78, 5) is 12.0. The van der Waals surface area contributed by atoms with E-state index in [-0.39, 0.29) is 11.7 Å². The van der Waals surface area contributed by atoms with Crippen molar-refractivity contribution in [3.63, 3.8) is 0 Å². The van der Waals surface area contributed by atoms with Gasteiger partial charge in [-0.05, 0) is 48.1 Å². The lowest BCUT2D eigenvalue weighted by atomic mass is 10.1. The standard InChI is InChI=1S/C21H23FN2O2/c1-26-20-9-7-16(15-18(20)22)8-10-21(25)23-12-4-13-24-14-11-17-5-2-3-6-19(17)24/h2-3,5-7,9,11,14-15H,4,8,10,12-13H2,1H3,(H,23,25). The molecule has 136 valence electrons. The van der Waals surface area contributed by atoms with Crippen LogP contribution in [0.5, 0.6) is 5.75 Å². The van der Waals surface area contributed by atoms with Crippen LogP contribution in [0.1, 0.15) is 18.4 Å². The van der Waals surface area contributed by atoms with Gasteiger partial charge in [-0.1, -0.05) is 24.3 Å². The molecule has 0 radical (unpaired) electrons. The summed E-state index contributed by atoms with van der Waals surface area (Å²) in [6.07, 6.45) is 3.79. The zero-order valence-electron chi connectivity index (χ0n) is 14.9. The SMILES string of the molecule is COc1ccc(CCC(=O)NCCCn2ccc3ccccc32)cc1F. The smallest absolute Gasteiger partial charge is 0.220 e. The molecule has 0 fully saturated rings. The van der Waals surface area contributed by atoms with Crippen molar-refractivity contribution in [2.45, 2.75) is 25.8 Å². The second-order valence-corrected chi connectivity index (χ2v) is 6.24. The molecule has 0 aliphatic rings. The van der Waals surface area contributed by atoms with E-state index in [1.54, 1.807) is 12.1 Å². The van der Waals surface area contributed by atoms with E-state index in [0.717, 1.165) is 18.5 Å². The van der Waals surface area contributed by atoms with Crippen molar-refractivity contribution < 1.29 is 13.9 Å². The fraction of sp³-hybridized carbons (Fsp3) is 0.286. The molecule has 3 aromatic rings. The van der Waals surface area contributed by atoms with E-state index in [1.807, 2.05) is 12.1 Å². The number of rotatable bonds is 8. The average molecular weight is 354 g/mol. The number of ether oxygens (including phenoxy) is 1. The summed E-state index contributed by atoms with van der Waals surface area (Å²) in [7, 11) is 1.43. The normalized spacial score (nSPS) is 10.8. The fourth-order valence-electron chi connectivity index (χ4n) is 3.02. The molecule has 0 bridgehead atoms. The summed E-state index contributed by atoms with van der Waals surface area (Å²) in [5, 5.41) is 4.16. The Bertz CT molecular complexity index is 889. The molecule has 5 heteroatoms. The minimum absolute atomic E-state index is 0.0152. The average Bonchev–Trinajstić information content (AvgIpc) is 3.07. The molecular formula is C21H23FN2O2. The number of carbonyl (C=O) groups excluding carboxylic acids is 1. The third-order valence-corrected chi connectivity index (χ3v) is 4.44. The first-order chi connectivity index (χ1) is 12.7. The Hall–Kier alpha value is -2.82. The van der Waals surface area contributed by atoms with Crippen LogP contribution in [0.25, 0.3) is 10.9 Å². The number of hydrogen-bond acceptors (Lipinski definition) is 2. The highest BCUT2D eigenvalue weighted by Gasteiger charge is 2.06. The van der Waals surface area contributed by atoms with Gasteiger partial charge in [0.15, 0.2) is 11.6 Å². The zero-order chi connectivity index (χ0) is 18.4. The third-order valence-electron chi connectivity index (χ3n) is 4.44. The van der Waals surface area contributed by atoms with Gasteiger partial charge in [-0.15, -0.1) is 0 Å². The monoisotopic (exact) mass is 354 g/mol. The Morgan fingerprint density at radius 1 is 1.19 bits per heavy atom. The number of amides is 1. The van der Waals surface area contributed by atoms with Crippen LogP contribution in [0.15, 0.2) is 54.7 Å². The van der Waals surface area contributed by atoms with E-state index in [1.165, 1.54) is 24.1 Å². The second kappa shape index (κ2) is 8.52. The van der Waals surface area contributed by atoms with Crippen molar-refractivity contribution in [1.29, 1.82) is 0 Å². The fourth-order valence-corrected chi connectivity index (χ4v) is 3.02. The quantitative estimate of drug-likeness (QED) is 0.623. The van der Waals surface area contributed by atoms with Crippen molar-refractivity contribution in [2.75, 3.05) is 13.7 Å². The van der Waals surface area contributed by atoms with E-state index in [9.17, 15) is 9.18 Å². The molecule has 0 unspecified atom stereocenters. The van der Waals surface area contributed by atoms with Crippen molar-refractivity contribution in [2.24, 2.45) is 0 Å². The van der Waals surface area contributed by atoms with E-state index >= 15 is 0 Å². The maximum absolute atomic E-state index is 13.6. The highest BCUT2D eigenvalue weighted by Crippen LogP contribution is 2.18. The first kappa shape index (κ1) is 18.0. The number of fused-ring (bicyclic) bond motifs is 1. The molecule has 1 heterocycles. The second-order valence-electron chi connectivity index (χ2n) is 6.24. The Morgan fingerprint density at radius 2 is 2.04 bits per heavy atom. The number of benzene rings is 2. The largest absolute Gasteiger partial charge is 0.494 e. The van der Waals surface area contributed by atoms with E-state index in [4.69, 9.17) is 4.74 Å². The van der Waals surface area contributed by atoms with Gasteiger partial charge in [0, 0.05) is 31.2 Å². The van der Waals surface area contributed by atoms with Gasteiger partial charge in [-0.2, -0.15) is 0 Å². The van der Waals surface area contributed by atoms with Crippen LogP contribution in [0.2, 0.25) is 0 Å². The molecule has 1 N–H and O–H groups in total. The van der Waals surface area contributed by atoms with E-state index in [2.05, 4.69) is 34.3 Å². The maximum atomic E-state index is 13.6. The van der Waals surface area contributed by atoms with Gasteiger partial charge < -0.3 is 14.6 Å². The Labute approximate surface area is 152 Å². The number of aromatic nitrogens is 1. The van der Waals surface area contributed by atoms with Gasteiger partial charge in [-0.25, -0.2) is 4.39 Å². The van der Waals surface area contributed by atoms with Crippen molar-refractivity contribution >= 4 is 16.8 Å². The predicted octanol–water partition coefficient (Wildman–Crippen LogP) is 3.93. The highest BCUT2D eigenvalue weighted by molar-refractivity contribution is 5.79. The Morgan fingerprint density at radius 3 is 2.85 bits per heavy atom. The minimum Gasteiger partial charge on any atom is -0.494 e. The number of methoxy groups -OCH3 is 1. The number of aryl methyl sites for hydroxylation is 2. The van der Waals surface area contributed by atoms with Crippen LogP contribution >= 0.6 is 0 Å². The Kier molecular flexibility index (Phi) is 5.89. The number of carbonyl (C=O) groups is 1. The molecule has 2 aromatic carbocycles. The molecule has 0 saturated heterocycles. The summed E-state index contributed by atoms with van der Waals surface area (Å²) < 4.78 is 20.7. The van der Waals surface area contributed by atoms with Gasteiger partial charge >= 0.3 is 0 Å². The number of halogens is 1. The highest BCUT2D eigenvalue weighted by atomic mass is 19.1. The molecule has 3 rings (SSSR count). The minimum atomic E-state index is -0.399. The summed E-state index contributed by atoms with van der Waals surface area (Å²) in [5.41, 5.74) is 2.00. The van der Waals surface area contributed by atoms with Crippen molar-refractivity contribution in [3.8, 4) is 5.75 Å². The van der Waals surface area contributed by atoms with Crippen LogP contribution in [0, 0.1) is 5.82 Å². The molecule has 1 amide bonds. The summed E-state index contributed by atoms with van der Waals surface area (Å²) in [6.45, 7) is 1.49. The lowest BCUT2D eigenvalue weighted by Crippen LogP contribution is -2.25. The molecule has 1 aromatic heterocycles. The number of nitrogens with one attached hydrogen (secondary N) is 1. The van der Waals surface area contributed by atoms with Crippen LogP contribution in [-0.2, 0) is 17.8 Å². The summed E-state index contributed by atoms with van der Waals surface area (Å²) in [5.74, 6) is -0.196. The van der Waals surface area contributed by atoms with Crippen molar-refractivity contribution in [3.05, 3.63) is 66.1 Å². The molecule has 4 nitrogen and oxygen atoms in total. The molecule has 0 saturated carbocycles. The van der Waals surface area contributed by atoms with Crippen LogP contribution in [0.4, 0.5) is 4.39 Å². The van der Waals surface area contributed by atoms with Gasteiger partial charge in [-0.3, -0.25) is 4.79 Å². The van der Waals surface area contributed by atoms with Gasteiger partial charge in [0.2, 0.25) is 5.91 Å². The van der Waals surface area contributed by atoms with Gasteiger partial charge in [0.1, 0.15) is 0 Å². The van der Waals surface area contributed by atoms with Gasteiger partial charge in [0.05, 0.1) is 7.11 Å². The predicted molar refractivity (Wildman–Crippen MR) is 101 cm³/mol. The van der Waals surface area contributed by atoms with E-state index in [0.29, 0.717) is 19.4 Å². The topological polar surface area (TPSA) is 43.3 Å².